The molecule has 8 N–H and O–H groups in total. The van der Waals surface area contributed by atoms with Crippen molar-refractivity contribution in [3.05, 3.63) is 0 Å². The van der Waals surface area contributed by atoms with E-state index in [2.05, 4.69) is 10.9 Å². The van der Waals surface area contributed by atoms with Gasteiger partial charge in [-0.1, -0.05) is 32.9 Å². The second-order valence-electron chi connectivity index (χ2n) is 12.4. The molecule has 13 atom stereocenters. The van der Waals surface area contributed by atoms with Gasteiger partial charge in [0, 0.05) is 31.8 Å². The number of methoxy groups -OCH3 is 1. The van der Waals surface area contributed by atoms with Crippen LogP contribution in [0.5, 0.6) is 0 Å². The summed E-state index contributed by atoms with van der Waals surface area (Å²) in [4.78, 5) is 13.1. The van der Waals surface area contributed by atoms with Crippen molar-refractivity contribution in [1.82, 2.24) is 0 Å². The Balaban J connectivity index is 2.56. The Kier molecular flexibility index (Phi) is 12.4. The number of rotatable bonds is 4. The Bertz CT molecular complexity index is 857. The van der Waals surface area contributed by atoms with E-state index >= 15 is 0 Å². The van der Waals surface area contributed by atoms with Gasteiger partial charge in [-0.25, -0.2) is 0 Å². The van der Waals surface area contributed by atoms with Gasteiger partial charge in [-0.05, 0) is 39.5 Å². The maximum atomic E-state index is 13.1. The zero-order chi connectivity index (χ0) is 30.6. The number of ether oxygens (including phenoxy) is 4. The number of cyclic esters (lactones) is 1. The van der Waals surface area contributed by atoms with Crippen molar-refractivity contribution in [2.45, 2.75) is 128 Å². The Morgan fingerprint density at radius 2 is 1.73 bits per heavy atom. The molecule has 0 aromatic rings. The summed E-state index contributed by atoms with van der Waals surface area (Å²) in [5.41, 5.74) is 1.26. The first kappa shape index (κ1) is 34.8. The minimum atomic E-state index is -1.88. The lowest BCUT2D eigenvalue weighted by Crippen LogP contribution is -2.69. The minimum absolute atomic E-state index is 0.0752. The quantitative estimate of drug-likeness (QED) is 0.155. The fourth-order valence-electron chi connectivity index (χ4n) is 6.03. The van der Waals surface area contributed by atoms with Gasteiger partial charge in [-0.3, -0.25) is 4.79 Å². The molecule has 2 heterocycles. The number of aliphatic hydroxyl groups excluding tert-OH is 3. The maximum absolute atomic E-state index is 13.1. The van der Waals surface area contributed by atoms with E-state index in [-0.39, 0.29) is 36.9 Å². The number of oxime groups is 1. The number of aliphatic hydroxyl groups is 4. The summed E-state index contributed by atoms with van der Waals surface area (Å²) in [6.07, 6.45) is -5.79. The van der Waals surface area contributed by atoms with Crippen LogP contribution in [0.1, 0.15) is 74.1 Å². The van der Waals surface area contributed by atoms with Gasteiger partial charge < -0.3 is 50.3 Å². The van der Waals surface area contributed by atoms with Gasteiger partial charge in [0.05, 0.1) is 42.1 Å². The lowest BCUT2D eigenvalue weighted by atomic mass is 9.75. The molecule has 13 unspecified atom stereocenters. The van der Waals surface area contributed by atoms with E-state index in [1.165, 1.54) is 21.0 Å². The number of carbonyl (C=O) groups is 1. The largest absolute Gasteiger partial charge is 0.459 e. The highest BCUT2D eigenvalue weighted by Crippen LogP contribution is 2.36. The summed E-state index contributed by atoms with van der Waals surface area (Å²) in [6, 6.07) is -0.346. The number of hydrogen-bond donors (Lipinski definition) is 6. The first-order valence-electron chi connectivity index (χ1n) is 14.4. The Morgan fingerprint density at radius 3 is 2.27 bits per heavy atom. The molecule has 2 fully saturated rings. The van der Waals surface area contributed by atoms with Gasteiger partial charge in [0.1, 0.15) is 17.7 Å². The summed E-state index contributed by atoms with van der Waals surface area (Å²) >= 11 is 0. The molecule has 12 heteroatoms. The van der Waals surface area contributed by atoms with E-state index in [1.54, 1.807) is 27.7 Å². The van der Waals surface area contributed by atoms with E-state index in [0.717, 1.165) is 0 Å². The highest BCUT2D eigenvalue weighted by atomic mass is 16.7. The number of hydrogen-bond acceptors (Lipinski definition) is 11. The van der Waals surface area contributed by atoms with Crippen LogP contribution >= 0.6 is 0 Å². The van der Waals surface area contributed by atoms with Crippen molar-refractivity contribution in [2.24, 2.45) is 28.8 Å². The van der Waals surface area contributed by atoms with E-state index < -0.39 is 71.7 Å². The Labute approximate surface area is 237 Å². The SMILES string of the molecule is CCC1OC(=O)C(C)C(O)CC(OC2OCC(C)CC([NH3+])C2O)C(C)(OC)CC(C)C(=NO)C(C)C(O)C1(C)O. The van der Waals surface area contributed by atoms with Crippen molar-refractivity contribution in [2.75, 3.05) is 13.7 Å². The highest BCUT2D eigenvalue weighted by Gasteiger charge is 2.49. The fraction of sp³-hybridized carbons (Fsp3) is 0.929. The van der Waals surface area contributed by atoms with Crippen LogP contribution in [0.4, 0.5) is 0 Å². The van der Waals surface area contributed by atoms with E-state index in [9.17, 15) is 30.4 Å². The number of nitrogens with zero attached hydrogens (tertiary/aromatic N) is 1. The van der Waals surface area contributed by atoms with Crippen LogP contribution in [0.25, 0.3) is 0 Å². The molecule has 2 saturated heterocycles. The predicted molar refractivity (Wildman–Crippen MR) is 145 cm³/mol. The lowest BCUT2D eigenvalue weighted by Gasteiger charge is -2.43. The second-order valence-corrected chi connectivity index (χ2v) is 12.4. The van der Waals surface area contributed by atoms with E-state index in [0.29, 0.717) is 13.0 Å². The molecule has 0 aromatic heterocycles. The summed E-state index contributed by atoms with van der Waals surface area (Å²) < 4.78 is 23.9. The van der Waals surface area contributed by atoms with Gasteiger partial charge >= 0.3 is 5.97 Å². The molecule has 0 radical (unpaired) electrons. The van der Waals surface area contributed by atoms with Crippen LogP contribution in [0.15, 0.2) is 5.16 Å². The average Bonchev–Trinajstić information content (AvgIpc) is 3.02. The molecule has 0 aromatic carbocycles. The maximum Gasteiger partial charge on any atom is 0.311 e. The molecule has 12 nitrogen and oxygen atoms in total. The van der Waals surface area contributed by atoms with Gasteiger partial charge in [-0.2, -0.15) is 0 Å². The van der Waals surface area contributed by atoms with E-state index in [4.69, 9.17) is 18.9 Å². The van der Waals surface area contributed by atoms with Crippen molar-refractivity contribution >= 4 is 11.7 Å². The molecule has 40 heavy (non-hydrogen) atoms. The van der Waals surface area contributed by atoms with Gasteiger partial charge in [0.15, 0.2) is 12.4 Å². The van der Waals surface area contributed by atoms with Crippen LogP contribution in [-0.4, -0.2) is 105 Å². The Hall–Kier alpha value is -1.38. The van der Waals surface area contributed by atoms with Crippen molar-refractivity contribution < 1.29 is 55.1 Å². The van der Waals surface area contributed by atoms with Crippen LogP contribution in [0, 0.1) is 23.7 Å². The molecule has 0 amide bonds. The molecule has 2 rings (SSSR count). The predicted octanol–water partition coefficient (Wildman–Crippen LogP) is 0.458. The number of quaternary nitrogens is 1. The van der Waals surface area contributed by atoms with Crippen LogP contribution < -0.4 is 5.73 Å². The van der Waals surface area contributed by atoms with Crippen LogP contribution in [-0.2, 0) is 23.7 Å². The third kappa shape index (κ3) is 7.71. The van der Waals surface area contributed by atoms with Gasteiger partial charge in [0.25, 0.3) is 0 Å². The molecule has 0 bridgehead atoms. The summed E-state index contributed by atoms with van der Waals surface area (Å²) in [5.74, 6) is -2.92. The second kappa shape index (κ2) is 14.2. The molecule has 234 valence electrons. The topological polar surface area (TPSA) is 195 Å². The van der Waals surface area contributed by atoms with Gasteiger partial charge in [-0.15, -0.1) is 0 Å². The number of carbonyl (C=O) groups excluding carboxylic acids is 1. The van der Waals surface area contributed by atoms with Crippen molar-refractivity contribution in [3.8, 4) is 0 Å². The van der Waals surface area contributed by atoms with Crippen LogP contribution in [0.3, 0.4) is 0 Å². The molecular formula is C28H53N2O10+. The zero-order valence-corrected chi connectivity index (χ0v) is 25.3. The smallest absolute Gasteiger partial charge is 0.311 e. The molecule has 0 spiro atoms. The Morgan fingerprint density at radius 1 is 1.10 bits per heavy atom. The van der Waals surface area contributed by atoms with Crippen molar-refractivity contribution in [1.29, 1.82) is 0 Å². The monoisotopic (exact) mass is 577 g/mol. The number of esters is 1. The third-order valence-electron chi connectivity index (χ3n) is 9.01. The molecule has 2 aliphatic heterocycles. The first-order valence-corrected chi connectivity index (χ1v) is 14.4. The summed E-state index contributed by atoms with van der Waals surface area (Å²) in [5, 5.41) is 58.2. The van der Waals surface area contributed by atoms with Gasteiger partial charge in [0.2, 0.25) is 0 Å². The normalized spacial score (nSPS) is 47.8. The summed E-state index contributed by atoms with van der Waals surface area (Å²) in [6.45, 7) is 12.1. The minimum Gasteiger partial charge on any atom is -0.459 e. The van der Waals surface area contributed by atoms with Crippen molar-refractivity contribution in [3.63, 3.8) is 0 Å². The molecule has 0 saturated carbocycles. The standard InChI is InChI=1S/C28H52N2O10/c1-9-20-28(7,35)24(33)17(5)22(30-36)15(3)12-27(6,37-8)21(11-19(31)16(4)25(34)39-20)40-26-23(32)18(29)10-14(2)13-38-26/h14-21,23-24,26,31-33,35-36H,9-13,29H2,1-8H3/p+1. The molecule has 2 aliphatic rings. The third-order valence-corrected chi connectivity index (χ3v) is 9.01. The lowest BCUT2D eigenvalue weighted by molar-refractivity contribution is -0.449. The van der Waals surface area contributed by atoms with Crippen LogP contribution in [0.2, 0.25) is 0 Å². The van der Waals surface area contributed by atoms with E-state index in [1.807, 2.05) is 6.92 Å². The fourth-order valence-corrected chi connectivity index (χ4v) is 6.03. The highest BCUT2D eigenvalue weighted by molar-refractivity contribution is 5.88. The summed E-state index contributed by atoms with van der Waals surface area (Å²) in [7, 11) is 1.48. The average molecular weight is 578 g/mol. The zero-order valence-electron chi connectivity index (χ0n) is 25.3. The first-order chi connectivity index (χ1) is 18.5. The molecule has 0 aliphatic carbocycles. The molecular weight excluding hydrogens is 524 g/mol.